The van der Waals surface area contributed by atoms with Crippen LogP contribution in [0.2, 0.25) is 0 Å². The molecule has 0 aliphatic heterocycles. The average molecular weight is 225 g/mol. The van der Waals surface area contributed by atoms with E-state index >= 15 is 0 Å². The summed E-state index contributed by atoms with van der Waals surface area (Å²) in [6, 6.07) is 15.0. The molecule has 0 bridgehead atoms. The first kappa shape index (κ1) is 11.9. The highest BCUT2D eigenvalue weighted by Gasteiger charge is 1.98. The van der Waals surface area contributed by atoms with Gasteiger partial charge in [0.25, 0.3) is 0 Å². The Hall–Kier alpha value is -1.60. The molecule has 0 amide bonds. The Bertz CT molecular complexity index is 517. The molecule has 0 atom stereocenters. The number of hydrogen-bond donors (Lipinski definition) is 1. The Balaban J connectivity index is 2.11. The standard InChI is InChI=1S/C16H19N/c1-13(2)10-11-17-12-15-8-5-7-14-6-3-4-9-16(14)15/h3-10,17H,11-12H2,1-2H3. The van der Waals surface area contributed by atoms with E-state index in [9.17, 15) is 0 Å². The second-order valence-electron chi connectivity index (χ2n) is 4.55. The summed E-state index contributed by atoms with van der Waals surface area (Å²) >= 11 is 0. The molecule has 0 aliphatic rings. The van der Waals surface area contributed by atoms with Crippen LogP contribution in [0, 0.1) is 0 Å². The summed E-state index contributed by atoms with van der Waals surface area (Å²) in [4.78, 5) is 0. The summed E-state index contributed by atoms with van der Waals surface area (Å²) in [5.74, 6) is 0. The fraction of sp³-hybridized carbons (Fsp3) is 0.250. The van der Waals surface area contributed by atoms with Crippen LogP contribution >= 0.6 is 0 Å². The Labute approximate surface area is 103 Å². The first-order valence-electron chi connectivity index (χ1n) is 6.08. The molecule has 2 aromatic carbocycles. The van der Waals surface area contributed by atoms with Gasteiger partial charge in [-0.3, -0.25) is 0 Å². The molecule has 0 aromatic heterocycles. The summed E-state index contributed by atoms with van der Waals surface area (Å²) in [5, 5.41) is 6.11. The fourth-order valence-electron chi connectivity index (χ4n) is 1.93. The quantitative estimate of drug-likeness (QED) is 0.614. The molecule has 1 nitrogen and oxygen atoms in total. The maximum atomic E-state index is 3.45. The SMILES string of the molecule is CC(C)=CCNCc1cccc2ccccc12. The highest BCUT2D eigenvalue weighted by molar-refractivity contribution is 5.85. The molecule has 1 N–H and O–H groups in total. The lowest BCUT2D eigenvalue weighted by Gasteiger charge is -2.07. The van der Waals surface area contributed by atoms with Crippen molar-refractivity contribution in [2.45, 2.75) is 20.4 Å². The van der Waals surface area contributed by atoms with Crippen molar-refractivity contribution in [2.75, 3.05) is 6.54 Å². The molecular weight excluding hydrogens is 206 g/mol. The van der Waals surface area contributed by atoms with Gasteiger partial charge in [0.15, 0.2) is 0 Å². The highest BCUT2D eigenvalue weighted by Crippen LogP contribution is 2.17. The van der Waals surface area contributed by atoms with E-state index in [-0.39, 0.29) is 0 Å². The molecule has 88 valence electrons. The van der Waals surface area contributed by atoms with Gasteiger partial charge in [0.1, 0.15) is 0 Å². The van der Waals surface area contributed by atoms with Crippen LogP contribution in [0.15, 0.2) is 54.1 Å². The van der Waals surface area contributed by atoms with E-state index < -0.39 is 0 Å². The van der Waals surface area contributed by atoms with Crippen molar-refractivity contribution < 1.29 is 0 Å². The van der Waals surface area contributed by atoms with E-state index in [1.54, 1.807) is 0 Å². The van der Waals surface area contributed by atoms with Crippen LogP contribution in [0.25, 0.3) is 10.8 Å². The second kappa shape index (κ2) is 5.65. The van der Waals surface area contributed by atoms with E-state index in [2.05, 4.69) is 67.7 Å². The fourth-order valence-corrected chi connectivity index (χ4v) is 1.93. The second-order valence-corrected chi connectivity index (χ2v) is 4.55. The molecule has 17 heavy (non-hydrogen) atoms. The van der Waals surface area contributed by atoms with E-state index in [4.69, 9.17) is 0 Å². The first-order chi connectivity index (χ1) is 8.27. The van der Waals surface area contributed by atoms with Crippen LogP contribution in [-0.4, -0.2) is 6.54 Å². The van der Waals surface area contributed by atoms with Gasteiger partial charge in [-0.15, -0.1) is 0 Å². The van der Waals surface area contributed by atoms with Gasteiger partial charge in [0, 0.05) is 13.1 Å². The van der Waals surface area contributed by atoms with Crippen LogP contribution in [-0.2, 0) is 6.54 Å². The minimum atomic E-state index is 0.922. The van der Waals surface area contributed by atoms with Crippen LogP contribution in [0.4, 0.5) is 0 Å². The van der Waals surface area contributed by atoms with Crippen molar-refractivity contribution >= 4 is 10.8 Å². The summed E-state index contributed by atoms with van der Waals surface area (Å²) < 4.78 is 0. The molecule has 0 spiro atoms. The molecular formula is C16H19N. The van der Waals surface area contributed by atoms with E-state index in [0.29, 0.717) is 0 Å². The van der Waals surface area contributed by atoms with Crippen molar-refractivity contribution in [2.24, 2.45) is 0 Å². The number of nitrogens with one attached hydrogen (secondary N) is 1. The predicted molar refractivity (Wildman–Crippen MR) is 75.1 cm³/mol. The number of fused-ring (bicyclic) bond motifs is 1. The van der Waals surface area contributed by atoms with Crippen LogP contribution in [0.3, 0.4) is 0 Å². The highest BCUT2D eigenvalue weighted by atomic mass is 14.8. The third-order valence-corrected chi connectivity index (χ3v) is 2.85. The number of hydrogen-bond acceptors (Lipinski definition) is 1. The van der Waals surface area contributed by atoms with E-state index in [1.165, 1.54) is 21.9 Å². The monoisotopic (exact) mass is 225 g/mol. The summed E-state index contributed by atoms with van der Waals surface area (Å²) in [6.07, 6.45) is 2.21. The molecule has 0 aliphatic carbocycles. The summed E-state index contributed by atoms with van der Waals surface area (Å²) in [6.45, 7) is 6.11. The van der Waals surface area contributed by atoms with Gasteiger partial charge in [-0.1, -0.05) is 54.1 Å². The zero-order chi connectivity index (χ0) is 12.1. The van der Waals surface area contributed by atoms with Gasteiger partial charge in [-0.05, 0) is 30.2 Å². The van der Waals surface area contributed by atoms with Gasteiger partial charge < -0.3 is 5.32 Å². The summed E-state index contributed by atoms with van der Waals surface area (Å²) in [5.41, 5.74) is 2.72. The molecule has 0 radical (unpaired) electrons. The van der Waals surface area contributed by atoms with E-state index in [0.717, 1.165) is 13.1 Å². The molecule has 0 heterocycles. The maximum Gasteiger partial charge on any atom is 0.0214 e. The third kappa shape index (κ3) is 3.18. The zero-order valence-corrected chi connectivity index (χ0v) is 10.5. The largest absolute Gasteiger partial charge is 0.309 e. The van der Waals surface area contributed by atoms with Crippen LogP contribution in [0.1, 0.15) is 19.4 Å². The normalized spacial score (nSPS) is 10.5. The minimum absolute atomic E-state index is 0.922. The number of benzene rings is 2. The van der Waals surface area contributed by atoms with Crippen molar-refractivity contribution in [1.29, 1.82) is 0 Å². The molecule has 0 saturated heterocycles. The molecule has 2 rings (SSSR count). The Morgan fingerprint density at radius 1 is 1.06 bits per heavy atom. The molecule has 0 unspecified atom stereocenters. The lowest BCUT2D eigenvalue weighted by atomic mass is 10.0. The van der Waals surface area contributed by atoms with Gasteiger partial charge in [-0.25, -0.2) is 0 Å². The number of rotatable bonds is 4. The van der Waals surface area contributed by atoms with Crippen molar-refractivity contribution in [1.82, 2.24) is 5.32 Å². The first-order valence-corrected chi connectivity index (χ1v) is 6.08. The summed E-state index contributed by atoms with van der Waals surface area (Å²) in [7, 11) is 0. The number of allylic oxidation sites excluding steroid dienone is 1. The van der Waals surface area contributed by atoms with Crippen molar-refractivity contribution in [3.05, 3.63) is 59.7 Å². The Morgan fingerprint density at radius 2 is 1.82 bits per heavy atom. The molecule has 0 fully saturated rings. The maximum absolute atomic E-state index is 3.45. The average Bonchev–Trinajstić information content (AvgIpc) is 2.34. The van der Waals surface area contributed by atoms with Gasteiger partial charge >= 0.3 is 0 Å². The van der Waals surface area contributed by atoms with Crippen LogP contribution < -0.4 is 5.32 Å². The predicted octanol–water partition coefficient (Wildman–Crippen LogP) is 3.90. The topological polar surface area (TPSA) is 12.0 Å². The van der Waals surface area contributed by atoms with E-state index in [1.807, 2.05) is 0 Å². The molecule has 1 heteroatoms. The van der Waals surface area contributed by atoms with Crippen molar-refractivity contribution in [3.63, 3.8) is 0 Å². The third-order valence-electron chi connectivity index (χ3n) is 2.85. The van der Waals surface area contributed by atoms with Gasteiger partial charge in [-0.2, -0.15) is 0 Å². The lowest BCUT2D eigenvalue weighted by molar-refractivity contribution is 0.761. The minimum Gasteiger partial charge on any atom is -0.309 e. The Morgan fingerprint density at radius 3 is 2.65 bits per heavy atom. The molecule has 2 aromatic rings. The van der Waals surface area contributed by atoms with Gasteiger partial charge in [0.2, 0.25) is 0 Å². The van der Waals surface area contributed by atoms with Crippen LogP contribution in [0.5, 0.6) is 0 Å². The Kier molecular flexibility index (Phi) is 3.94. The van der Waals surface area contributed by atoms with Crippen molar-refractivity contribution in [3.8, 4) is 0 Å². The van der Waals surface area contributed by atoms with Gasteiger partial charge in [0.05, 0.1) is 0 Å². The smallest absolute Gasteiger partial charge is 0.0214 e. The molecule has 0 saturated carbocycles. The zero-order valence-electron chi connectivity index (χ0n) is 10.5. The lowest BCUT2D eigenvalue weighted by Crippen LogP contribution is -2.13.